The summed E-state index contributed by atoms with van der Waals surface area (Å²) in [7, 11) is -7.71. The zero-order valence-corrected chi connectivity index (χ0v) is 17.0. The van der Waals surface area contributed by atoms with Crippen LogP contribution >= 0.6 is 0 Å². The predicted molar refractivity (Wildman–Crippen MR) is 106 cm³/mol. The lowest BCUT2D eigenvalue weighted by Gasteiger charge is -2.21. The van der Waals surface area contributed by atoms with Gasteiger partial charge in [-0.2, -0.15) is 0 Å². The Morgan fingerprint density at radius 2 is 1.44 bits per heavy atom. The van der Waals surface area contributed by atoms with Crippen LogP contribution in [0, 0.1) is 6.92 Å². The molecule has 0 aromatic heterocycles. The van der Waals surface area contributed by atoms with E-state index >= 15 is 0 Å². The SMILES string of the molecule is Cc1ccc(S(=O)(=O)/C(=C/C=C/S(=O)(=O)c2ccccc2)C(C)(C)O)cc1. The van der Waals surface area contributed by atoms with Crippen LogP contribution < -0.4 is 0 Å². The van der Waals surface area contributed by atoms with Crippen molar-refractivity contribution in [3.63, 3.8) is 0 Å². The zero-order chi connectivity index (χ0) is 20.3. The Kier molecular flexibility index (Phi) is 6.09. The van der Waals surface area contributed by atoms with Crippen molar-refractivity contribution in [3.05, 3.63) is 82.6 Å². The molecule has 0 atom stereocenters. The highest BCUT2D eigenvalue weighted by atomic mass is 32.2. The van der Waals surface area contributed by atoms with E-state index in [1.54, 1.807) is 30.3 Å². The van der Waals surface area contributed by atoms with Crippen LogP contribution in [-0.2, 0) is 19.7 Å². The van der Waals surface area contributed by atoms with Crippen molar-refractivity contribution in [2.75, 3.05) is 0 Å². The van der Waals surface area contributed by atoms with Crippen molar-refractivity contribution < 1.29 is 21.9 Å². The van der Waals surface area contributed by atoms with Gasteiger partial charge in [-0.25, -0.2) is 16.8 Å². The van der Waals surface area contributed by atoms with Crippen LogP contribution in [-0.4, -0.2) is 27.5 Å². The van der Waals surface area contributed by atoms with Gasteiger partial charge >= 0.3 is 0 Å². The monoisotopic (exact) mass is 406 g/mol. The third kappa shape index (κ3) is 5.15. The molecule has 1 N–H and O–H groups in total. The van der Waals surface area contributed by atoms with Crippen LogP contribution in [0.3, 0.4) is 0 Å². The van der Waals surface area contributed by atoms with Crippen LogP contribution in [0.2, 0.25) is 0 Å². The molecule has 0 saturated carbocycles. The lowest BCUT2D eigenvalue weighted by molar-refractivity contribution is 0.127. The maximum Gasteiger partial charge on any atom is 0.205 e. The first-order valence-electron chi connectivity index (χ1n) is 8.18. The standard InChI is InChI=1S/C20H22O5S2/c1-16-11-13-18(14-12-16)27(24,25)19(20(2,3)21)10-7-15-26(22,23)17-8-5-4-6-9-17/h4-15,21H,1-3H3/b15-7+,19-10+. The fraction of sp³-hybridized carbons (Fsp3) is 0.200. The van der Waals surface area contributed by atoms with Gasteiger partial charge in [0.15, 0.2) is 9.84 Å². The van der Waals surface area contributed by atoms with Gasteiger partial charge in [0.25, 0.3) is 0 Å². The van der Waals surface area contributed by atoms with Crippen LogP contribution in [0.1, 0.15) is 19.4 Å². The van der Waals surface area contributed by atoms with E-state index in [0.29, 0.717) is 0 Å². The molecule has 2 rings (SSSR count). The van der Waals surface area contributed by atoms with Gasteiger partial charge in [-0.15, -0.1) is 0 Å². The van der Waals surface area contributed by atoms with Crippen LogP contribution in [0.4, 0.5) is 0 Å². The van der Waals surface area contributed by atoms with Crippen molar-refractivity contribution >= 4 is 19.7 Å². The second-order valence-electron chi connectivity index (χ2n) is 6.59. The fourth-order valence-electron chi connectivity index (χ4n) is 2.39. The first kappa shape index (κ1) is 21.1. The molecule has 0 aliphatic heterocycles. The van der Waals surface area contributed by atoms with Gasteiger partial charge < -0.3 is 5.11 Å². The summed E-state index contributed by atoms with van der Waals surface area (Å²) in [5, 5.41) is 11.3. The molecule has 0 aliphatic rings. The van der Waals surface area contributed by atoms with Gasteiger partial charge in [0.1, 0.15) is 0 Å². The molecule has 0 saturated heterocycles. The summed E-state index contributed by atoms with van der Waals surface area (Å²) in [5.74, 6) is 0. The molecule has 7 heteroatoms. The fourth-order valence-corrected chi connectivity index (χ4v) is 5.03. The lowest BCUT2D eigenvalue weighted by atomic mass is 10.1. The van der Waals surface area contributed by atoms with E-state index < -0.39 is 25.3 Å². The number of aliphatic hydroxyl groups is 1. The van der Waals surface area contributed by atoms with Gasteiger partial charge in [-0.3, -0.25) is 0 Å². The summed E-state index contributed by atoms with van der Waals surface area (Å²) in [5.41, 5.74) is -0.790. The number of rotatable bonds is 6. The van der Waals surface area contributed by atoms with Gasteiger partial charge in [-0.05, 0) is 57.2 Å². The molecule has 0 unspecified atom stereocenters. The van der Waals surface area contributed by atoms with E-state index in [1.165, 1.54) is 38.1 Å². The Bertz CT molecular complexity index is 1060. The van der Waals surface area contributed by atoms with E-state index in [0.717, 1.165) is 23.1 Å². The second kappa shape index (κ2) is 7.80. The molecule has 0 bridgehead atoms. The first-order chi connectivity index (χ1) is 12.4. The average molecular weight is 407 g/mol. The molecule has 0 aliphatic carbocycles. The van der Waals surface area contributed by atoms with Gasteiger partial charge in [0.2, 0.25) is 9.84 Å². The number of hydrogen-bond acceptors (Lipinski definition) is 5. The van der Waals surface area contributed by atoms with E-state index in [4.69, 9.17) is 0 Å². The lowest BCUT2D eigenvalue weighted by Crippen LogP contribution is -2.27. The van der Waals surface area contributed by atoms with Crippen LogP contribution in [0.25, 0.3) is 0 Å². The smallest absolute Gasteiger partial charge is 0.205 e. The van der Waals surface area contributed by atoms with Crippen molar-refractivity contribution in [2.45, 2.75) is 36.2 Å². The highest BCUT2D eigenvalue weighted by molar-refractivity contribution is 7.95. The normalized spacial score (nSPS) is 13.9. The second-order valence-corrected chi connectivity index (χ2v) is 10.3. The largest absolute Gasteiger partial charge is 0.385 e. The molecule has 0 amide bonds. The van der Waals surface area contributed by atoms with E-state index in [9.17, 15) is 21.9 Å². The molecule has 0 fully saturated rings. The highest BCUT2D eigenvalue weighted by Crippen LogP contribution is 2.28. The quantitative estimate of drug-likeness (QED) is 0.743. The van der Waals surface area contributed by atoms with Crippen molar-refractivity contribution in [1.29, 1.82) is 0 Å². The molecule has 2 aromatic rings. The van der Waals surface area contributed by atoms with Crippen LogP contribution in [0.15, 0.2) is 86.9 Å². The minimum Gasteiger partial charge on any atom is -0.385 e. The number of sulfone groups is 2. The van der Waals surface area contributed by atoms with Gasteiger partial charge in [0, 0.05) is 5.41 Å². The summed E-state index contributed by atoms with van der Waals surface area (Å²) < 4.78 is 50.4. The van der Waals surface area contributed by atoms with Crippen molar-refractivity contribution in [3.8, 4) is 0 Å². The molecule has 2 aromatic carbocycles. The average Bonchev–Trinajstić information content (AvgIpc) is 2.58. The molecule has 144 valence electrons. The third-order valence-electron chi connectivity index (χ3n) is 3.80. The topological polar surface area (TPSA) is 88.5 Å². The van der Waals surface area contributed by atoms with E-state index in [2.05, 4.69) is 0 Å². The maximum absolute atomic E-state index is 12.9. The Labute approximate surface area is 160 Å². The van der Waals surface area contributed by atoms with Gasteiger partial charge in [0.05, 0.1) is 20.3 Å². The molecule has 0 heterocycles. The molecule has 5 nitrogen and oxygen atoms in total. The zero-order valence-electron chi connectivity index (χ0n) is 15.3. The molecular formula is C20H22O5S2. The summed E-state index contributed by atoms with van der Waals surface area (Å²) in [6, 6.07) is 14.0. The minimum absolute atomic E-state index is 0.0285. The number of hydrogen-bond donors (Lipinski definition) is 1. The predicted octanol–water partition coefficient (Wildman–Crippen LogP) is 3.41. The van der Waals surface area contributed by atoms with Crippen molar-refractivity contribution in [1.82, 2.24) is 0 Å². The van der Waals surface area contributed by atoms with E-state index in [-0.39, 0.29) is 14.7 Å². The number of benzene rings is 2. The Morgan fingerprint density at radius 1 is 0.889 bits per heavy atom. The van der Waals surface area contributed by atoms with Crippen molar-refractivity contribution in [2.24, 2.45) is 0 Å². The highest BCUT2D eigenvalue weighted by Gasteiger charge is 2.32. The third-order valence-corrected chi connectivity index (χ3v) is 7.35. The first-order valence-corrected chi connectivity index (χ1v) is 11.2. The molecular weight excluding hydrogens is 384 g/mol. The summed E-state index contributed by atoms with van der Waals surface area (Å²) >= 11 is 0. The summed E-state index contributed by atoms with van der Waals surface area (Å²) in [4.78, 5) is -0.167. The van der Waals surface area contributed by atoms with E-state index in [1.807, 2.05) is 6.92 Å². The Hall–Kier alpha value is -2.22. The number of aryl methyl sites for hydroxylation is 1. The molecule has 0 spiro atoms. The molecule has 0 radical (unpaired) electrons. The summed E-state index contributed by atoms with van der Waals surface area (Å²) in [6.07, 6.45) is 2.25. The minimum atomic E-state index is -3.99. The summed E-state index contributed by atoms with van der Waals surface area (Å²) in [6.45, 7) is 4.51. The number of allylic oxidation sites excluding steroid dienone is 2. The van der Waals surface area contributed by atoms with Gasteiger partial charge in [-0.1, -0.05) is 35.9 Å². The maximum atomic E-state index is 12.9. The Morgan fingerprint density at radius 3 is 1.96 bits per heavy atom. The molecule has 27 heavy (non-hydrogen) atoms. The Balaban J connectivity index is 2.47. The van der Waals surface area contributed by atoms with Crippen LogP contribution in [0.5, 0.6) is 0 Å².